The first-order valence-electron chi connectivity index (χ1n) is 12.6. The van der Waals surface area contributed by atoms with Crippen LogP contribution >= 0.6 is 0 Å². The SMILES string of the molecule is CCOc1ccc2nc(-c3cccc(OCC(=O)NC(C)(C)C)c3)nc(Nc3cnn(C4CC4)c3)c2c1. The number of rotatable bonds is 9. The Kier molecular flexibility index (Phi) is 6.69. The molecule has 2 aromatic carbocycles. The number of amides is 1. The molecule has 1 saturated carbocycles. The molecule has 192 valence electrons. The quantitative estimate of drug-likeness (QED) is 0.323. The van der Waals surface area contributed by atoms with E-state index in [0.717, 1.165) is 40.7 Å². The predicted octanol–water partition coefficient (Wildman–Crippen LogP) is 5.26. The van der Waals surface area contributed by atoms with E-state index in [1.807, 2.05) is 87.2 Å². The molecule has 2 N–H and O–H groups in total. The monoisotopic (exact) mass is 500 g/mol. The van der Waals surface area contributed by atoms with Gasteiger partial charge in [-0.3, -0.25) is 9.48 Å². The van der Waals surface area contributed by atoms with Crippen LogP contribution in [0, 0.1) is 0 Å². The number of hydrogen-bond donors (Lipinski definition) is 2. The molecular formula is C28H32N6O3. The van der Waals surface area contributed by atoms with Gasteiger partial charge < -0.3 is 20.1 Å². The lowest BCUT2D eigenvalue weighted by Gasteiger charge is -2.20. The lowest BCUT2D eigenvalue weighted by Crippen LogP contribution is -2.43. The summed E-state index contributed by atoms with van der Waals surface area (Å²) in [6, 6.07) is 13.7. The third kappa shape index (κ3) is 6.17. The molecule has 0 spiro atoms. The van der Waals surface area contributed by atoms with Crippen molar-refractivity contribution < 1.29 is 14.3 Å². The van der Waals surface area contributed by atoms with E-state index in [2.05, 4.69) is 15.7 Å². The van der Waals surface area contributed by atoms with Crippen LogP contribution in [0.3, 0.4) is 0 Å². The minimum atomic E-state index is -0.318. The van der Waals surface area contributed by atoms with Crippen molar-refractivity contribution in [1.29, 1.82) is 0 Å². The number of nitrogens with zero attached hydrogens (tertiary/aromatic N) is 4. The van der Waals surface area contributed by atoms with Gasteiger partial charge in [0.05, 0.1) is 30.0 Å². The molecular weight excluding hydrogens is 468 g/mol. The largest absolute Gasteiger partial charge is 0.494 e. The molecule has 4 aromatic rings. The van der Waals surface area contributed by atoms with E-state index in [1.165, 1.54) is 0 Å². The van der Waals surface area contributed by atoms with Gasteiger partial charge in [-0.25, -0.2) is 9.97 Å². The maximum absolute atomic E-state index is 12.2. The van der Waals surface area contributed by atoms with Crippen molar-refractivity contribution in [2.24, 2.45) is 0 Å². The van der Waals surface area contributed by atoms with Crippen LogP contribution in [0.15, 0.2) is 54.9 Å². The van der Waals surface area contributed by atoms with Gasteiger partial charge in [0.1, 0.15) is 17.3 Å². The first-order chi connectivity index (χ1) is 17.8. The van der Waals surface area contributed by atoms with Crippen LogP contribution in [-0.4, -0.2) is 44.4 Å². The molecule has 2 heterocycles. The van der Waals surface area contributed by atoms with E-state index in [1.54, 1.807) is 0 Å². The second-order valence-electron chi connectivity index (χ2n) is 10.2. The summed E-state index contributed by atoms with van der Waals surface area (Å²) < 4.78 is 13.5. The molecule has 0 radical (unpaired) electrons. The second-order valence-corrected chi connectivity index (χ2v) is 10.2. The summed E-state index contributed by atoms with van der Waals surface area (Å²) in [6.45, 7) is 8.25. The molecule has 1 amide bonds. The molecule has 0 aliphatic heterocycles. The number of fused-ring (bicyclic) bond motifs is 1. The molecule has 9 heteroatoms. The average Bonchev–Trinajstić information content (AvgIpc) is 3.61. The maximum Gasteiger partial charge on any atom is 0.258 e. The van der Waals surface area contributed by atoms with Gasteiger partial charge in [0.25, 0.3) is 5.91 Å². The number of carbonyl (C=O) groups excluding carboxylic acids is 1. The fraction of sp³-hybridized carbons (Fsp3) is 0.357. The van der Waals surface area contributed by atoms with Gasteiger partial charge in [0, 0.05) is 22.7 Å². The first-order valence-corrected chi connectivity index (χ1v) is 12.6. The van der Waals surface area contributed by atoms with Crippen LogP contribution in [0.25, 0.3) is 22.3 Å². The fourth-order valence-electron chi connectivity index (χ4n) is 3.99. The summed E-state index contributed by atoms with van der Waals surface area (Å²) in [4.78, 5) is 21.9. The summed E-state index contributed by atoms with van der Waals surface area (Å²) in [5.74, 6) is 2.35. The van der Waals surface area contributed by atoms with E-state index in [-0.39, 0.29) is 18.1 Å². The second kappa shape index (κ2) is 10.1. The van der Waals surface area contributed by atoms with Gasteiger partial charge in [0.2, 0.25) is 0 Å². The maximum atomic E-state index is 12.2. The van der Waals surface area contributed by atoms with Gasteiger partial charge in [-0.15, -0.1) is 0 Å². The van der Waals surface area contributed by atoms with Crippen LogP contribution < -0.4 is 20.1 Å². The molecule has 2 aromatic heterocycles. The number of benzene rings is 2. The Labute approximate surface area is 216 Å². The third-order valence-electron chi connectivity index (χ3n) is 5.74. The number of nitrogens with one attached hydrogen (secondary N) is 2. The Bertz CT molecular complexity index is 1420. The van der Waals surface area contributed by atoms with Gasteiger partial charge in [-0.2, -0.15) is 5.10 Å². The van der Waals surface area contributed by atoms with E-state index >= 15 is 0 Å². The Morgan fingerprint density at radius 2 is 1.89 bits per heavy atom. The Morgan fingerprint density at radius 3 is 2.65 bits per heavy atom. The van der Waals surface area contributed by atoms with Crippen LogP contribution in [0.4, 0.5) is 11.5 Å². The zero-order chi connectivity index (χ0) is 26.0. The van der Waals surface area contributed by atoms with Crippen LogP contribution in [0.2, 0.25) is 0 Å². The highest BCUT2D eigenvalue weighted by molar-refractivity contribution is 5.93. The molecule has 0 saturated heterocycles. The van der Waals surface area contributed by atoms with Gasteiger partial charge in [0.15, 0.2) is 12.4 Å². The normalized spacial score (nSPS) is 13.4. The lowest BCUT2D eigenvalue weighted by molar-refractivity contribution is -0.124. The Morgan fingerprint density at radius 1 is 1.08 bits per heavy atom. The minimum absolute atomic E-state index is 0.0721. The molecule has 5 rings (SSSR count). The minimum Gasteiger partial charge on any atom is -0.494 e. The number of ether oxygens (including phenoxy) is 2. The van der Waals surface area contributed by atoms with E-state index in [0.29, 0.717) is 30.0 Å². The molecule has 0 atom stereocenters. The zero-order valence-electron chi connectivity index (χ0n) is 21.6. The van der Waals surface area contributed by atoms with E-state index in [9.17, 15) is 4.79 Å². The highest BCUT2D eigenvalue weighted by Crippen LogP contribution is 2.36. The van der Waals surface area contributed by atoms with Crippen LogP contribution in [0.1, 0.15) is 46.6 Å². The number of carbonyl (C=O) groups is 1. The molecule has 9 nitrogen and oxygen atoms in total. The molecule has 1 fully saturated rings. The number of aromatic nitrogens is 4. The van der Waals surface area contributed by atoms with Crippen molar-refractivity contribution in [3.63, 3.8) is 0 Å². The highest BCUT2D eigenvalue weighted by atomic mass is 16.5. The highest BCUT2D eigenvalue weighted by Gasteiger charge is 2.24. The molecule has 1 aliphatic rings. The Balaban J connectivity index is 1.45. The first kappa shape index (κ1) is 24.5. The summed E-state index contributed by atoms with van der Waals surface area (Å²) in [7, 11) is 0. The van der Waals surface area contributed by atoms with Gasteiger partial charge in [-0.1, -0.05) is 12.1 Å². The Hall–Kier alpha value is -4.14. The zero-order valence-corrected chi connectivity index (χ0v) is 21.6. The number of hydrogen-bond acceptors (Lipinski definition) is 7. The fourth-order valence-corrected chi connectivity index (χ4v) is 3.99. The smallest absolute Gasteiger partial charge is 0.258 e. The summed E-state index contributed by atoms with van der Waals surface area (Å²) in [5, 5.41) is 11.7. The van der Waals surface area contributed by atoms with E-state index < -0.39 is 0 Å². The van der Waals surface area contributed by atoms with Crippen molar-refractivity contribution in [2.45, 2.75) is 52.1 Å². The molecule has 0 bridgehead atoms. The molecule has 0 unspecified atom stereocenters. The third-order valence-corrected chi connectivity index (χ3v) is 5.74. The van der Waals surface area contributed by atoms with Crippen molar-refractivity contribution in [1.82, 2.24) is 25.1 Å². The lowest BCUT2D eigenvalue weighted by atomic mass is 10.1. The average molecular weight is 501 g/mol. The van der Waals surface area contributed by atoms with Gasteiger partial charge in [-0.05, 0) is 70.9 Å². The van der Waals surface area contributed by atoms with Crippen molar-refractivity contribution >= 4 is 28.3 Å². The topological polar surface area (TPSA) is 103 Å². The van der Waals surface area contributed by atoms with E-state index in [4.69, 9.17) is 19.4 Å². The molecule has 1 aliphatic carbocycles. The van der Waals surface area contributed by atoms with Crippen LogP contribution in [-0.2, 0) is 4.79 Å². The van der Waals surface area contributed by atoms with Crippen molar-refractivity contribution in [3.8, 4) is 22.9 Å². The van der Waals surface area contributed by atoms with Crippen LogP contribution in [0.5, 0.6) is 11.5 Å². The van der Waals surface area contributed by atoms with Gasteiger partial charge >= 0.3 is 0 Å². The predicted molar refractivity (Wildman–Crippen MR) is 143 cm³/mol. The summed E-state index contributed by atoms with van der Waals surface area (Å²) in [6.07, 6.45) is 6.15. The number of anilines is 2. The molecule has 37 heavy (non-hydrogen) atoms. The van der Waals surface area contributed by atoms with Crippen molar-refractivity contribution in [3.05, 3.63) is 54.9 Å². The standard InChI is InChI=1S/C28H32N6O3/c1-5-36-22-11-12-24-23(14-22)27(30-19-15-29-34(16-19)20-9-10-20)32-26(31-24)18-7-6-8-21(13-18)37-17-25(35)33-28(2,3)4/h6-8,11-16,20H,5,9-10,17H2,1-4H3,(H,33,35)(H,30,31,32). The summed E-state index contributed by atoms with van der Waals surface area (Å²) >= 11 is 0. The summed E-state index contributed by atoms with van der Waals surface area (Å²) in [5.41, 5.74) is 2.10. The van der Waals surface area contributed by atoms with Crippen molar-refractivity contribution in [2.75, 3.05) is 18.5 Å².